The zero-order valence-electron chi connectivity index (χ0n) is 11.3. The maximum Gasteiger partial charge on any atom is 0.312 e. The van der Waals surface area contributed by atoms with Crippen LogP contribution in [0.4, 0.5) is 5.69 Å². The third-order valence-corrected chi connectivity index (χ3v) is 2.85. The summed E-state index contributed by atoms with van der Waals surface area (Å²) in [6, 6.07) is 0. The molecule has 8 nitrogen and oxygen atoms in total. The third-order valence-electron chi connectivity index (χ3n) is 2.85. The van der Waals surface area contributed by atoms with Gasteiger partial charge in [0.2, 0.25) is 0 Å². The number of nitro groups is 1. The minimum atomic E-state index is -0.643. The van der Waals surface area contributed by atoms with Crippen molar-refractivity contribution in [3.05, 3.63) is 21.5 Å². The van der Waals surface area contributed by atoms with Crippen molar-refractivity contribution < 1.29 is 10.0 Å². The molecule has 0 aliphatic heterocycles. The first kappa shape index (κ1) is 15.5. The largest absolute Gasteiger partial charge is 0.390 e. The van der Waals surface area contributed by atoms with E-state index in [0.717, 1.165) is 13.0 Å². The van der Waals surface area contributed by atoms with Crippen molar-refractivity contribution >= 4 is 5.69 Å². The molecule has 0 radical (unpaired) electrons. The van der Waals surface area contributed by atoms with E-state index in [9.17, 15) is 15.2 Å². The molecule has 0 aliphatic carbocycles. The van der Waals surface area contributed by atoms with Gasteiger partial charge in [-0.05, 0) is 33.4 Å². The second-order valence-electron chi connectivity index (χ2n) is 4.46. The van der Waals surface area contributed by atoms with E-state index >= 15 is 0 Å². The first-order valence-electron chi connectivity index (χ1n) is 6.24. The van der Waals surface area contributed by atoms with Crippen molar-refractivity contribution in [3.63, 3.8) is 0 Å². The Labute approximate surface area is 111 Å². The Balaban J connectivity index is 2.57. The normalized spacial score (nSPS) is 12.6. The molecule has 0 fully saturated rings. The number of rotatable bonds is 8. The van der Waals surface area contributed by atoms with E-state index in [1.54, 1.807) is 13.8 Å². The predicted molar refractivity (Wildman–Crippen MR) is 70.9 cm³/mol. The lowest BCUT2D eigenvalue weighted by Crippen LogP contribution is -2.32. The van der Waals surface area contributed by atoms with Gasteiger partial charge in [-0.3, -0.25) is 14.8 Å². The molecule has 0 spiro atoms. The molecule has 0 saturated heterocycles. The van der Waals surface area contributed by atoms with Crippen LogP contribution in [0.3, 0.4) is 0 Å². The monoisotopic (exact) mass is 271 g/mol. The molecule has 108 valence electrons. The van der Waals surface area contributed by atoms with Gasteiger partial charge in [0.05, 0.1) is 17.6 Å². The minimum Gasteiger partial charge on any atom is -0.390 e. The van der Waals surface area contributed by atoms with Crippen LogP contribution in [0.2, 0.25) is 0 Å². The van der Waals surface area contributed by atoms with Crippen molar-refractivity contribution in [2.24, 2.45) is 5.73 Å². The van der Waals surface area contributed by atoms with Crippen molar-refractivity contribution in [1.29, 1.82) is 0 Å². The number of aliphatic hydroxyl groups excluding tert-OH is 1. The lowest BCUT2D eigenvalue weighted by Gasteiger charge is -2.12. The summed E-state index contributed by atoms with van der Waals surface area (Å²) in [7, 11) is 0. The number of aromatic nitrogens is 2. The summed E-state index contributed by atoms with van der Waals surface area (Å²) >= 11 is 0. The number of nitrogens with zero attached hydrogens (tertiary/aromatic N) is 3. The third kappa shape index (κ3) is 4.27. The smallest absolute Gasteiger partial charge is 0.312 e. The zero-order valence-corrected chi connectivity index (χ0v) is 11.3. The molecule has 1 heterocycles. The average molecular weight is 271 g/mol. The van der Waals surface area contributed by atoms with Gasteiger partial charge in [-0.2, -0.15) is 5.10 Å². The fourth-order valence-corrected chi connectivity index (χ4v) is 1.89. The lowest BCUT2D eigenvalue weighted by molar-refractivity contribution is -0.386. The molecule has 19 heavy (non-hydrogen) atoms. The summed E-state index contributed by atoms with van der Waals surface area (Å²) < 4.78 is 1.47. The fourth-order valence-electron chi connectivity index (χ4n) is 1.89. The second-order valence-corrected chi connectivity index (χ2v) is 4.46. The number of hydrogen-bond donors (Lipinski definition) is 3. The van der Waals surface area contributed by atoms with Crippen LogP contribution in [0.15, 0.2) is 0 Å². The van der Waals surface area contributed by atoms with E-state index in [-0.39, 0.29) is 12.2 Å². The highest BCUT2D eigenvalue weighted by Gasteiger charge is 2.22. The van der Waals surface area contributed by atoms with Gasteiger partial charge in [-0.1, -0.05) is 0 Å². The van der Waals surface area contributed by atoms with Gasteiger partial charge in [0, 0.05) is 6.54 Å². The van der Waals surface area contributed by atoms with Crippen LogP contribution in [-0.4, -0.2) is 45.5 Å². The Morgan fingerprint density at radius 2 is 2.26 bits per heavy atom. The zero-order chi connectivity index (χ0) is 14.4. The van der Waals surface area contributed by atoms with Crippen LogP contribution in [0.25, 0.3) is 0 Å². The van der Waals surface area contributed by atoms with E-state index in [2.05, 4.69) is 10.4 Å². The summed E-state index contributed by atoms with van der Waals surface area (Å²) in [5, 5.41) is 27.8. The average Bonchev–Trinajstić information content (AvgIpc) is 2.60. The SMILES string of the molecule is Cc1nn(CC(O)CNCCCN)c(C)c1[N+](=O)[O-]. The van der Waals surface area contributed by atoms with Gasteiger partial charge < -0.3 is 16.2 Å². The van der Waals surface area contributed by atoms with Gasteiger partial charge >= 0.3 is 5.69 Å². The minimum absolute atomic E-state index is 0.0169. The molecule has 0 amide bonds. The molecule has 8 heteroatoms. The molecule has 1 rings (SSSR count). The summed E-state index contributed by atoms with van der Waals surface area (Å²) in [5.74, 6) is 0. The van der Waals surface area contributed by atoms with Crippen LogP contribution >= 0.6 is 0 Å². The second kappa shape index (κ2) is 7.17. The van der Waals surface area contributed by atoms with Gasteiger partial charge in [-0.15, -0.1) is 0 Å². The van der Waals surface area contributed by atoms with Crippen LogP contribution in [0.1, 0.15) is 17.8 Å². The quantitative estimate of drug-likeness (QED) is 0.339. The maximum absolute atomic E-state index is 10.9. The van der Waals surface area contributed by atoms with Crippen molar-refractivity contribution in [2.45, 2.75) is 32.9 Å². The number of aliphatic hydroxyl groups is 1. The van der Waals surface area contributed by atoms with Crippen LogP contribution in [0, 0.1) is 24.0 Å². The fraction of sp³-hybridized carbons (Fsp3) is 0.727. The lowest BCUT2D eigenvalue weighted by atomic mass is 10.3. The summed E-state index contributed by atoms with van der Waals surface area (Å²) in [6.45, 7) is 5.21. The molecular weight excluding hydrogens is 250 g/mol. The Morgan fingerprint density at radius 1 is 1.58 bits per heavy atom. The highest BCUT2D eigenvalue weighted by molar-refractivity contribution is 5.39. The molecule has 0 aliphatic rings. The van der Waals surface area contributed by atoms with E-state index in [4.69, 9.17) is 5.73 Å². The van der Waals surface area contributed by atoms with E-state index in [1.165, 1.54) is 4.68 Å². The molecule has 0 bridgehead atoms. The summed E-state index contributed by atoms with van der Waals surface area (Å²) in [4.78, 5) is 10.4. The van der Waals surface area contributed by atoms with Crippen molar-refractivity contribution in [2.75, 3.05) is 19.6 Å². The first-order valence-corrected chi connectivity index (χ1v) is 6.24. The molecule has 1 aromatic rings. The number of nitrogens with two attached hydrogens (primary N) is 1. The maximum atomic E-state index is 10.9. The highest BCUT2D eigenvalue weighted by Crippen LogP contribution is 2.21. The summed E-state index contributed by atoms with van der Waals surface area (Å²) in [5.41, 5.74) is 6.20. The first-order chi connectivity index (χ1) is 8.97. The van der Waals surface area contributed by atoms with Crippen molar-refractivity contribution in [3.8, 4) is 0 Å². The summed E-state index contributed by atoms with van der Waals surface area (Å²) in [6.07, 6.45) is 0.202. The standard InChI is InChI=1S/C11H21N5O3/c1-8-11(16(18)19)9(2)15(14-8)7-10(17)6-13-5-3-4-12/h10,13,17H,3-7,12H2,1-2H3. The highest BCUT2D eigenvalue weighted by atomic mass is 16.6. The van der Waals surface area contributed by atoms with Gasteiger partial charge in [0.1, 0.15) is 11.4 Å². The van der Waals surface area contributed by atoms with E-state index in [1.807, 2.05) is 0 Å². The van der Waals surface area contributed by atoms with Crippen LogP contribution < -0.4 is 11.1 Å². The topological polar surface area (TPSA) is 119 Å². The Hall–Kier alpha value is -1.51. The number of aryl methyl sites for hydroxylation is 1. The van der Waals surface area contributed by atoms with Gasteiger partial charge in [0.25, 0.3) is 0 Å². The molecule has 1 unspecified atom stereocenters. The number of nitrogens with one attached hydrogen (secondary N) is 1. The predicted octanol–water partition coefficient (Wildman–Crippen LogP) is -0.293. The molecule has 1 atom stereocenters. The Kier molecular flexibility index (Phi) is 5.87. The molecule has 4 N–H and O–H groups in total. The van der Waals surface area contributed by atoms with E-state index < -0.39 is 11.0 Å². The van der Waals surface area contributed by atoms with E-state index in [0.29, 0.717) is 24.5 Å². The van der Waals surface area contributed by atoms with Crippen LogP contribution in [0.5, 0.6) is 0 Å². The number of hydrogen-bond acceptors (Lipinski definition) is 6. The molecule has 0 aromatic carbocycles. The molecule has 1 aromatic heterocycles. The van der Waals surface area contributed by atoms with Gasteiger partial charge in [-0.25, -0.2) is 0 Å². The Morgan fingerprint density at radius 3 is 2.79 bits per heavy atom. The van der Waals surface area contributed by atoms with Crippen LogP contribution in [-0.2, 0) is 6.54 Å². The molecule has 0 saturated carbocycles. The van der Waals surface area contributed by atoms with Crippen molar-refractivity contribution in [1.82, 2.24) is 15.1 Å². The Bertz CT molecular complexity index is 432. The van der Waals surface area contributed by atoms with Gasteiger partial charge in [0.15, 0.2) is 0 Å². The molecular formula is C11H21N5O3.